The first-order valence-electron chi connectivity index (χ1n) is 8.20. The van der Waals surface area contributed by atoms with Gasteiger partial charge in [-0.15, -0.1) is 0 Å². The van der Waals surface area contributed by atoms with Crippen LogP contribution in [0.4, 0.5) is 0 Å². The van der Waals surface area contributed by atoms with Crippen LogP contribution in [0.5, 0.6) is 0 Å². The lowest BCUT2D eigenvalue weighted by atomic mass is 9.80. The van der Waals surface area contributed by atoms with E-state index in [1.165, 1.54) is 0 Å². The summed E-state index contributed by atoms with van der Waals surface area (Å²) in [5.41, 5.74) is 7.50. The molecular weight excluding hydrogens is 322 g/mol. The third kappa shape index (κ3) is 3.36. The summed E-state index contributed by atoms with van der Waals surface area (Å²) in [6.45, 7) is 0. The SMILES string of the molecule is NC(=O)CC[C@@H]1CCCc2cc(S(=O)(=O)c3ccccc3)ccc21. The molecule has 1 aliphatic carbocycles. The third-order valence-corrected chi connectivity index (χ3v) is 6.42. The second-order valence-electron chi connectivity index (χ2n) is 6.27. The molecule has 0 saturated carbocycles. The molecule has 126 valence electrons. The molecule has 0 bridgehead atoms. The van der Waals surface area contributed by atoms with Gasteiger partial charge in [-0.25, -0.2) is 8.42 Å². The van der Waals surface area contributed by atoms with E-state index in [0.29, 0.717) is 16.2 Å². The number of primary amides is 1. The minimum atomic E-state index is -3.49. The second-order valence-corrected chi connectivity index (χ2v) is 8.22. The number of carbonyl (C=O) groups is 1. The first-order valence-corrected chi connectivity index (χ1v) is 9.68. The van der Waals surface area contributed by atoms with Crippen LogP contribution in [0, 0.1) is 0 Å². The Hall–Kier alpha value is -2.14. The highest BCUT2D eigenvalue weighted by molar-refractivity contribution is 7.91. The Morgan fingerprint density at radius 2 is 1.83 bits per heavy atom. The number of rotatable bonds is 5. The van der Waals surface area contributed by atoms with Gasteiger partial charge in [-0.05, 0) is 67.0 Å². The van der Waals surface area contributed by atoms with Gasteiger partial charge in [0, 0.05) is 6.42 Å². The van der Waals surface area contributed by atoms with E-state index in [9.17, 15) is 13.2 Å². The molecule has 2 N–H and O–H groups in total. The largest absolute Gasteiger partial charge is 0.370 e. The second kappa shape index (κ2) is 6.77. The normalized spacial score (nSPS) is 17.2. The fourth-order valence-electron chi connectivity index (χ4n) is 3.41. The highest BCUT2D eigenvalue weighted by atomic mass is 32.2. The van der Waals surface area contributed by atoms with E-state index in [1.54, 1.807) is 42.5 Å². The fourth-order valence-corrected chi connectivity index (χ4v) is 4.74. The number of nitrogens with two attached hydrogens (primary N) is 1. The average molecular weight is 343 g/mol. The topological polar surface area (TPSA) is 77.2 Å². The van der Waals surface area contributed by atoms with Crippen molar-refractivity contribution in [1.82, 2.24) is 0 Å². The molecule has 5 heteroatoms. The molecule has 2 aromatic carbocycles. The van der Waals surface area contributed by atoms with E-state index in [1.807, 2.05) is 6.07 Å². The van der Waals surface area contributed by atoms with Crippen molar-refractivity contribution in [3.63, 3.8) is 0 Å². The van der Waals surface area contributed by atoms with E-state index in [-0.39, 0.29) is 11.8 Å². The molecule has 1 atom stereocenters. The number of amides is 1. The van der Waals surface area contributed by atoms with Gasteiger partial charge in [-0.1, -0.05) is 24.3 Å². The van der Waals surface area contributed by atoms with Crippen LogP contribution in [0.15, 0.2) is 58.3 Å². The number of carbonyl (C=O) groups excluding carboxylic acids is 1. The van der Waals surface area contributed by atoms with E-state index >= 15 is 0 Å². The maximum absolute atomic E-state index is 12.8. The van der Waals surface area contributed by atoms with Gasteiger partial charge in [0.05, 0.1) is 9.79 Å². The standard InChI is InChI=1S/C19H21NO3S/c20-19(21)12-9-14-5-4-6-15-13-17(10-11-18(14)15)24(22,23)16-7-2-1-3-8-16/h1-3,7-8,10-11,13-14H,4-6,9,12H2,(H2,20,21)/t14-/m0/s1. The minimum absolute atomic E-state index is 0.287. The molecule has 1 amide bonds. The summed E-state index contributed by atoms with van der Waals surface area (Å²) in [5.74, 6) is 0.000119. The summed E-state index contributed by atoms with van der Waals surface area (Å²) < 4.78 is 25.5. The minimum Gasteiger partial charge on any atom is -0.370 e. The molecule has 0 heterocycles. The van der Waals surface area contributed by atoms with Crippen molar-refractivity contribution in [2.45, 2.75) is 47.8 Å². The summed E-state index contributed by atoms with van der Waals surface area (Å²) in [6.07, 6.45) is 4.00. The van der Waals surface area contributed by atoms with E-state index in [0.717, 1.165) is 36.8 Å². The number of hydrogen-bond acceptors (Lipinski definition) is 3. The Kier molecular flexibility index (Phi) is 4.71. The predicted octanol–water partition coefficient (Wildman–Crippen LogP) is 3.20. The summed E-state index contributed by atoms with van der Waals surface area (Å²) >= 11 is 0. The Balaban J connectivity index is 1.93. The van der Waals surface area contributed by atoms with Crippen LogP contribution < -0.4 is 5.73 Å². The first-order chi connectivity index (χ1) is 11.5. The van der Waals surface area contributed by atoms with Gasteiger partial charge in [-0.2, -0.15) is 0 Å². The van der Waals surface area contributed by atoms with Crippen molar-refractivity contribution in [1.29, 1.82) is 0 Å². The van der Waals surface area contributed by atoms with Crippen LogP contribution in [0.2, 0.25) is 0 Å². The average Bonchev–Trinajstić information content (AvgIpc) is 2.60. The zero-order valence-electron chi connectivity index (χ0n) is 13.4. The van der Waals surface area contributed by atoms with E-state index < -0.39 is 9.84 Å². The van der Waals surface area contributed by atoms with Gasteiger partial charge in [0.2, 0.25) is 15.7 Å². The summed E-state index contributed by atoms with van der Waals surface area (Å²) in [5, 5.41) is 0. The highest BCUT2D eigenvalue weighted by Gasteiger charge is 2.24. The first kappa shape index (κ1) is 16.7. The molecule has 0 radical (unpaired) electrons. The lowest BCUT2D eigenvalue weighted by Crippen LogP contribution is -2.16. The molecule has 3 rings (SSSR count). The van der Waals surface area contributed by atoms with Crippen molar-refractivity contribution in [2.24, 2.45) is 5.73 Å². The van der Waals surface area contributed by atoms with Gasteiger partial charge in [0.15, 0.2) is 0 Å². The van der Waals surface area contributed by atoms with Crippen molar-refractivity contribution in [2.75, 3.05) is 0 Å². The van der Waals surface area contributed by atoms with Gasteiger partial charge < -0.3 is 5.73 Å². The quantitative estimate of drug-likeness (QED) is 0.905. The number of aryl methyl sites for hydroxylation is 1. The van der Waals surface area contributed by atoms with E-state index in [2.05, 4.69) is 0 Å². The van der Waals surface area contributed by atoms with E-state index in [4.69, 9.17) is 5.73 Å². The van der Waals surface area contributed by atoms with Crippen LogP contribution in [-0.2, 0) is 21.1 Å². The lowest BCUT2D eigenvalue weighted by molar-refractivity contribution is -0.118. The van der Waals surface area contributed by atoms with Crippen LogP contribution in [0.3, 0.4) is 0 Å². The monoisotopic (exact) mass is 343 g/mol. The molecule has 0 aromatic heterocycles. The maximum atomic E-state index is 12.8. The van der Waals surface area contributed by atoms with Crippen LogP contribution in [-0.4, -0.2) is 14.3 Å². The van der Waals surface area contributed by atoms with Gasteiger partial charge >= 0.3 is 0 Å². The highest BCUT2D eigenvalue weighted by Crippen LogP contribution is 2.36. The Morgan fingerprint density at radius 3 is 2.54 bits per heavy atom. The van der Waals surface area contributed by atoms with Gasteiger partial charge in [-0.3, -0.25) is 4.79 Å². The zero-order valence-corrected chi connectivity index (χ0v) is 14.3. The predicted molar refractivity (Wildman–Crippen MR) is 92.4 cm³/mol. The van der Waals surface area contributed by atoms with Crippen LogP contribution in [0.1, 0.15) is 42.7 Å². The lowest BCUT2D eigenvalue weighted by Gasteiger charge is -2.25. The Morgan fingerprint density at radius 1 is 1.08 bits per heavy atom. The molecule has 4 nitrogen and oxygen atoms in total. The molecular formula is C19H21NO3S. The van der Waals surface area contributed by atoms with Crippen molar-refractivity contribution in [3.8, 4) is 0 Å². The molecule has 1 aliphatic rings. The van der Waals surface area contributed by atoms with Crippen molar-refractivity contribution < 1.29 is 13.2 Å². The molecule has 2 aromatic rings. The molecule has 0 aliphatic heterocycles. The van der Waals surface area contributed by atoms with Crippen LogP contribution in [0.25, 0.3) is 0 Å². The fraction of sp³-hybridized carbons (Fsp3) is 0.316. The zero-order chi connectivity index (χ0) is 17.2. The number of sulfone groups is 1. The summed E-state index contributed by atoms with van der Waals surface area (Å²) in [7, 11) is -3.49. The smallest absolute Gasteiger partial charge is 0.217 e. The Bertz CT molecular complexity index is 844. The number of hydrogen-bond donors (Lipinski definition) is 1. The van der Waals surface area contributed by atoms with Crippen molar-refractivity contribution >= 4 is 15.7 Å². The molecule has 0 fully saturated rings. The number of fused-ring (bicyclic) bond motifs is 1. The molecule has 0 saturated heterocycles. The Labute approximate surface area is 142 Å². The van der Waals surface area contributed by atoms with Crippen LogP contribution >= 0.6 is 0 Å². The van der Waals surface area contributed by atoms with Crippen molar-refractivity contribution in [3.05, 3.63) is 59.7 Å². The maximum Gasteiger partial charge on any atom is 0.217 e. The summed E-state index contributed by atoms with van der Waals surface area (Å²) in [4.78, 5) is 11.7. The summed E-state index contributed by atoms with van der Waals surface area (Å²) in [6, 6.07) is 13.9. The molecule has 0 spiro atoms. The van der Waals surface area contributed by atoms with Gasteiger partial charge in [0.1, 0.15) is 0 Å². The third-order valence-electron chi connectivity index (χ3n) is 4.66. The van der Waals surface area contributed by atoms with Gasteiger partial charge in [0.25, 0.3) is 0 Å². The molecule has 0 unspecified atom stereocenters. The number of benzene rings is 2. The molecule has 24 heavy (non-hydrogen) atoms.